The number of methoxy groups -OCH3 is 1. The zero-order chi connectivity index (χ0) is 10.6. The minimum atomic E-state index is -0.299. The summed E-state index contributed by atoms with van der Waals surface area (Å²) in [6, 6.07) is 7.32. The van der Waals surface area contributed by atoms with Gasteiger partial charge in [-0.05, 0) is 18.2 Å². The molecule has 0 saturated heterocycles. The third kappa shape index (κ3) is 3.71. The summed E-state index contributed by atoms with van der Waals surface area (Å²) in [4.78, 5) is 0. The molecule has 0 aliphatic rings. The van der Waals surface area contributed by atoms with Gasteiger partial charge < -0.3 is 10.5 Å². The van der Waals surface area contributed by atoms with E-state index in [1.807, 2.05) is 24.3 Å². The van der Waals surface area contributed by atoms with E-state index in [4.69, 9.17) is 15.7 Å². The summed E-state index contributed by atoms with van der Waals surface area (Å²) in [6.45, 7) is 0. The van der Waals surface area contributed by atoms with Gasteiger partial charge in [0.25, 0.3) is 0 Å². The van der Waals surface area contributed by atoms with Crippen LogP contribution in [-0.2, 0) is 0 Å². The summed E-state index contributed by atoms with van der Waals surface area (Å²) in [6.07, 6.45) is 0.285. The fourth-order valence-corrected chi connectivity index (χ4v) is 1.58. The summed E-state index contributed by atoms with van der Waals surface area (Å²) in [5, 5.41) is 8.55. The van der Waals surface area contributed by atoms with Crippen molar-refractivity contribution in [2.45, 2.75) is 12.5 Å². The predicted molar refractivity (Wildman–Crippen MR) is 65.1 cm³/mol. The smallest absolute Gasteiger partial charge is 0.123 e. The molecule has 0 spiro atoms. The fourth-order valence-electron chi connectivity index (χ4n) is 1.20. The van der Waals surface area contributed by atoms with Gasteiger partial charge in [-0.15, -0.1) is 12.4 Å². The third-order valence-corrected chi connectivity index (χ3v) is 2.40. The normalized spacial score (nSPS) is 11.1. The van der Waals surface area contributed by atoms with Crippen LogP contribution in [0.15, 0.2) is 22.7 Å². The van der Waals surface area contributed by atoms with Crippen molar-refractivity contribution < 1.29 is 4.74 Å². The van der Waals surface area contributed by atoms with Gasteiger partial charge in [-0.1, -0.05) is 15.9 Å². The van der Waals surface area contributed by atoms with Gasteiger partial charge in [0.2, 0.25) is 0 Å². The van der Waals surface area contributed by atoms with Crippen molar-refractivity contribution in [3.63, 3.8) is 0 Å². The van der Waals surface area contributed by atoms with Gasteiger partial charge in [0.15, 0.2) is 0 Å². The number of ether oxygens (including phenoxy) is 1. The second-order valence-corrected chi connectivity index (χ2v) is 3.77. The molecule has 0 amide bonds. The largest absolute Gasteiger partial charge is 0.496 e. The standard InChI is InChI=1S/C10H11BrN2O.ClH/c1-14-10-3-2-7(11)6-8(10)9(13)4-5-12;/h2-3,6,9H,4,13H2,1H3;1H/t9-;/m1./s1. The Morgan fingerprint density at radius 1 is 1.60 bits per heavy atom. The molecule has 3 nitrogen and oxygen atoms in total. The number of rotatable bonds is 3. The molecule has 0 fully saturated rings. The molecular formula is C10H12BrClN2O. The number of hydrogen-bond acceptors (Lipinski definition) is 3. The van der Waals surface area contributed by atoms with Crippen LogP contribution in [0.1, 0.15) is 18.0 Å². The Kier molecular flexibility index (Phi) is 6.34. The molecule has 0 radical (unpaired) electrons. The average Bonchev–Trinajstić information content (AvgIpc) is 2.18. The van der Waals surface area contributed by atoms with Crippen LogP contribution in [0.4, 0.5) is 0 Å². The third-order valence-electron chi connectivity index (χ3n) is 1.90. The van der Waals surface area contributed by atoms with Crippen LogP contribution in [0.25, 0.3) is 0 Å². The van der Waals surface area contributed by atoms with Crippen LogP contribution in [0.5, 0.6) is 5.75 Å². The highest BCUT2D eigenvalue weighted by Crippen LogP contribution is 2.28. The molecular weight excluding hydrogens is 279 g/mol. The van der Waals surface area contributed by atoms with Crippen LogP contribution in [-0.4, -0.2) is 7.11 Å². The van der Waals surface area contributed by atoms with E-state index in [0.29, 0.717) is 0 Å². The van der Waals surface area contributed by atoms with E-state index < -0.39 is 0 Å². The number of halogens is 2. The van der Waals surface area contributed by atoms with Crippen LogP contribution in [0.3, 0.4) is 0 Å². The van der Waals surface area contributed by atoms with E-state index >= 15 is 0 Å². The van der Waals surface area contributed by atoms with E-state index in [2.05, 4.69) is 15.9 Å². The zero-order valence-corrected chi connectivity index (χ0v) is 10.6. The molecule has 1 aromatic rings. The van der Waals surface area contributed by atoms with E-state index in [0.717, 1.165) is 15.8 Å². The van der Waals surface area contributed by atoms with E-state index in [-0.39, 0.29) is 24.9 Å². The summed E-state index contributed by atoms with van der Waals surface area (Å²) in [5.74, 6) is 0.718. The second kappa shape index (κ2) is 6.67. The monoisotopic (exact) mass is 290 g/mol. The first-order chi connectivity index (χ1) is 6.69. The molecule has 0 aliphatic carbocycles. The Labute approximate surface area is 104 Å². The first-order valence-corrected chi connectivity index (χ1v) is 4.94. The fraction of sp³-hybridized carbons (Fsp3) is 0.300. The van der Waals surface area contributed by atoms with Gasteiger partial charge in [-0.3, -0.25) is 0 Å². The van der Waals surface area contributed by atoms with Crippen molar-refractivity contribution in [1.82, 2.24) is 0 Å². The van der Waals surface area contributed by atoms with E-state index in [1.165, 1.54) is 0 Å². The number of benzene rings is 1. The van der Waals surface area contributed by atoms with Crippen molar-refractivity contribution in [2.75, 3.05) is 7.11 Å². The molecule has 1 aromatic carbocycles. The molecule has 82 valence electrons. The van der Waals surface area contributed by atoms with E-state index in [1.54, 1.807) is 7.11 Å². The lowest BCUT2D eigenvalue weighted by molar-refractivity contribution is 0.406. The van der Waals surface area contributed by atoms with Gasteiger partial charge in [0, 0.05) is 16.1 Å². The maximum absolute atomic E-state index is 8.55. The van der Waals surface area contributed by atoms with Crippen molar-refractivity contribution in [1.29, 1.82) is 5.26 Å². The maximum Gasteiger partial charge on any atom is 0.123 e. The highest BCUT2D eigenvalue weighted by atomic mass is 79.9. The first kappa shape index (κ1) is 14.2. The molecule has 2 N–H and O–H groups in total. The van der Waals surface area contributed by atoms with Gasteiger partial charge >= 0.3 is 0 Å². The van der Waals surface area contributed by atoms with Crippen molar-refractivity contribution in [2.24, 2.45) is 5.73 Å². The molecule has 0 saturated carbocycles. The van der Waals surface area contributed by atoms with Crippen LogP contribution < -0.4 is 10.5 Å². The van der Waals surface area contributed by atoms with Gasteiger partial charge in [-0.2, -0.15) is 5.26 Å². The summed E-state index contributed by atoms with van der Waals surface area (Å²) in [5.41, 5.74) is 6.68. The highest BCUT2D eigenvalue weighted by Gasteiger charge is 2.11. The molecule has 5 heteroatoms. The molecule has 0 unspecified atom stereocenters. The predicted octanol–water partition coefficient (Wildman–Crippen LogP) is 2.79. The van der Waals surface area contributed by atoms with Crippen molar-refractivity contribution >= 4 is 28.3 Å². The molecule has 0 aromatic heterocycles. The van der Waals surface area contributed by atoms with Crippen molar-refractivity contribution in [3.05, 3.63) is 28.2 Å². The van der Waals surface area contributed by atoms with Crippen molar-refractivity contribution in [3.8, 4) is 11.8 Å². The lowest BCUT2D eigenvalue weighted by Gasteiger charge is -2.13. The quantitative estimate of drug-likeness (QED) is 0.931. The molecule has 0 bridgehead atoms. The Morgan fingerprint density at radius 3 is 2.80 bits per heavy atom. The van der Waals surface area contributed by atoms with Gasteiger partial charge in [-0.25, -0.2) is 0 Å². The van der Waals surface area contributed by atoms with Crippen LogP contribution >= 0.6 is 28.3 Å². The number of nitrogens with two attached hydrogens (primary N) is 1. The topological polar surface area (TPSA) is 59.0 Å². The maximum atomic E-state index is 8.55. The molecule has 1 atom stereocenters. The van der Waals surface area contributed by atoms with Gasteiger partial charge in [0.1, 0.15) is 5.75 Å². The number of nitriles is 1. The minimum absolute atomic E-state index is 0. The molecule has 15 heavy (non-hydrogen) atoms. The Balaban J connectivity index is 0.00000196. The minimum Gasteiger partial charge on any atom is -0.496 e. The molecule has 0 aliphatic heterocycles. The number of nitrogens with zero attached hydrogens (tertiary/aromatic N) is 1. The second-order valence-electron chi connectivity index (χ2n) is 2.86. The lowest BCUT2D eigenvalue weighted by Crippen LogP contribution is -2.10. The Morgan fingerprint density at radius 2 is 2.27 bits per heavy atom. The van der Waals surface area contributed by atoms with Crippen LogP contribution in [0.2, 0.25) is 0 Å². The van der Waals surface area contributed by atoms with Gasteiger partial charge in [0.05, 0.1) is 19.6 Å². The highest BCUT2D eigenvalue weighted by molar-refractivity contribution is 9.10. The van der Waals surface area contributed by atoms with E-state index in [9.17, 15) is 0 Å². The summed E-state index contributed by atoms with van der Waals surface area (Å²) < 4.78 is 6.09. The van der Waals surface area contributed by atoms with Crippen LogP contribution in [0, 0.1) is 11.3 Å². The molecule has 1 rings (SSSR count). The summed E-state index contributed by atoms with van der Waals surface area (Å²) in [7, 11) is 1.59. The Hall–Kier alpha value is -0.760. The SMILES string of the molecule is COc1ccc(Br)cc1[C@H](N)CC#N.Cl. The average molecular weight is 292 g/mol. The number of hydrogen-bond donors (Lipinski definition) is 1. The lowest BCUT2D eigenvalue weighted by atomic mass is 10.0. The summed E-state index contributed by atoms with van der Waals surface area (Å²) >= 11 is 3.35. The molecule has 0 heterocycles. The first-order valence-electron chi connectivity index (χ1n) is 4.15. The Bertz CT molecular complexity index is 365. The zero-order valence-electron chi connectivity index (χ0n) is 8.24.